The second kappa shape index (κ2) is 6.75. The Morgan fingerprint density at radius 1 is 1.30 bits per heavy atom. The maximum Gasteiger partial charge on any atom is 0.142 e. The molecule has 20 heavy (non-hydrogen) atoms. The Kier molecular flexibility index (Phi) is 5.01. The van der Waals surface area contributed by atoms with E-state index in [1.807, 2.05) is 24.3 Å². The number of carbonyl (C=O) groups is 1. The van der Waals surface area contributed by atoms with Crippen molar-refractivity contribution in [3.63, 3.8) is 0 Å². The van der Waals surface area contributed by atoms with E-state index in [4.69, 9.17) is 9.47 Å². The summed E-state index contributed by atoms with van der Waals surface area (Å²) in [6.45, 7) is 5.33. The fraction of sp³-hybridized carbons (Fsp3) is 0.562. The minimum atomic E-state index is -0.0640. The van der Waals surface area contributed by atoms with Crippen molar-refractivity contribution in [2.75, 3.05) is 25.6 Å². The van der Waals surface area contributed by atoms with Crippen molar-refractivity contribution in [2.45, 2.75) is 26.3 Å². The third-order valence-corrected chi connectivity index (χ3v) is 3.78. The summed E-state index contributed by atoms with van der Waals surface area (Å²) in [5.41, 5.74) is 1.00. The van der Waals surface area contributed by atoms with Crippen LogP contribution in [0.15, 0.2) is 24.3 Å². The molecule has 2 atom stereocenters. The van der Waals surface area contributed by atoms with Crippen LogP contribution in [0.1, 0.15) is 20.3 Å². The number of rotatable bonds is 5. The van der Waals surface area contributed by atoms with Gasteiger partial charge in [-0.1, -0.05) is 13.8 Å². The van der Waals surface area contributed by atoms with E-state index in [2.05, 4.69) is 19.2 Å². The van der Waals surface area contributed by atoms with E-state index in [-0.39, 0.29) is 12.0 Å². The number of carbonyl (C=O) groups excluding carboxylic acids is 1. The highest BCUT2D eigenvalue weighted by Crippen LogP contribution is 2.24. The molecule has 4 heteroatoms. The van der Waals surface area contributed by atoms with Crippen molar-refractivity contribution < 1.29 is 14.3 Å². The summed E-state index contributed by atoms with van der Waals surface area (Å²) in [7, 11) is 1.65. The summed E-state index contributed by atoms with van der Waals surface area (Å²) in [6, 6.07) is 7.87. The molecular formula is C16H23NO3. The number of benzene rings is 1. The predicted octanol–water partition coefficient (Wildman–Crippen LogP) is 2.74. The molecule has 1 aromatic rings. The fourth-order valence-electron chi connectivity index (χ4n) is 2.58. The molecule has 0 spiro atoms. The lowest BCUT2D eigenvalue weighted by Gasteiger charge is -2.33. The van der Waals surface area contributed by atoms with Gasteiger partial charge in [0.05, 0.1) is 26.2 Å². The standard InChI is InChI=1S/C16H23NO3/c1-11(2)16(14-10-20-9-8-15(14)18)17-12-4-6-13(19-3)7-5-12/h4-7,11,14,16-17H,8-10H2,1-3H3/t14?,16-/m1/s1. The Bertz CT molecular complexity index is 442. The largest absolute Gasteiger partial charge is 0.497 e. The average Bonchev–Trinajstić information content (AvgIpc) is 2.46. The predicted molar refractivity (Wildman–Crippen MR) is 79.2 cm³/mol. The van der Waals surface area contributed by atoms with Crippen LogP contribution in [0, 0.1) is 11.8 Å². The third-order valence-electron chi connectivity index (χ3n) is 3.78. The average molecular weight is 277 g/mol. The minimum Gasteiger partial charge on any atom is -0.497 e. The maximum atomic E-state index is 12.1. The second-order valence-corrected chi connectivity index (χ2v) is 5.54. The molecule has 4 nitrogen and oxygen atoms in total. The van der Waals surface area contributed by atoms with Crippen LogP contribution in [0.3, 0.4) is 0 Å². The molecule has 0 amide bonds. The van der Waals surface area contributed by atoms with E-state index in [1.165, 1.54) is 0 Å². The van der Waals surface area contributed by atoms with E-state index in [0.29, 0.717) is 31.3 Å². The number of Topliss-reactive ketones (excluding diaryl/α,β-unsaturated/α-hetero) is 1. The topological polar surface area (TPSA) is 47.6 Å². The first kappa shape index (κ1) is 14.9. The van der Waals surface area contributed by atoms with Gasteiger partial charge in [-0.3, -0.25) is 4.79 Å². The van der Waals surface area contributed by atoms with Crippen molar-refractivity contribution in [3.8, 4) is 5.75 Å². The first-order valence-corrected chi connectivity index (χ1v) is 7.13. The second-order valence-electron chi connectivity index (χ2n) is 5.54. The molecule has 0 aliphatic carbocycles. The summed E-state index contributed by atoms with van der Waals surface area (Å²) < 4.78 is 10.6. The van der Waals surface area contributed by atoms with Gasteiger partial charge >= 0.3 is 0 Å². The molecule has 1 unspecified atom stereocenters. The van der Waals surface area contributed by atoms with Crippen molar-refractivity contribution in [3.05, 3.63) is 24.3 Å². The molecule has 1 aliphatic rings. The van der Waals surface area contributed by atoms with Crippen LogP contribution >= 0.6 is 0 Å². The number of hydrogen-bond acceptors (Lipinski definition) is 4. The van der Waals surface area contributed by atoms with Crippen molar-refractivity contribution in [1.29, 1.82) is 0 Å². The molecule has 110 valence electrons. The normalized spacial score (nSPS) is 20.8. The maximum absolute atomic E-state index is 12.1. The molecule has 0 radical (unpaired) electrons. The summed E-state index contributed by atoms with van der Waals surface area (Å²) in [6.07, 6.45) is 0.526. The van der Waals surface area contributed by atoms with Gasteiger partial charge in [-0.15, -0.1) is 0 Å². The fourth-order valence-corrected chi connectivity index (χ4v) is 2.58. The van der Waals surface area contributed by atoms with Crippen LogP contribution in [-0.2, 0) is 9.53 Å². The molecule has 1 N–H and O–H groups in total. The Hall–Kier alpha value is -1.55. The van der Waals surface area contributed by atoms with Crippen LogP contribution in [0.2, 0.25) is 0 Å². The van der Waals surface area contributed by atoms with Gasteiger partial charge in [-0.2, -0.15) is 0 Å². The quantitative estimate of drug-likeness (QED) is 0.899. The van der Waals surface area contributed by atoms with Crippen molar-refractivity contribution >= 4 is 11.5 Å². The lowest BCUT2D eigenvalue weighted by molar-refractivity contribution is -0.131. The van der Waals surface area contributed by atoms with Gasteiger partial charge in [-0.25, -0.2) is 0 Å². The Balaban J connectivity index is 2.09. The van der Waals surface area contributed by atoms with Crippen molar-refractivity contribution in [2.24, 2.45) is 11.8 Å². The van der Waals surface area contributed by atoms with E-state index in [0.717, 1.165) is 11.4 Å². The Morgan fingerprint density at radius 3 is 2.55 bits per heavy atom. The number of ether oxygens (including phenoxy) is 2. The van der Waals surface area contributed by atoms with Gasteiger partial charge < -0.3 is 14.8 Å². The number of hydrogen-bond donors (Lipinski definition) is 1. The van der Waals surface area contributed by atoms with Gasteiger partial charge in [0.25, 0.3) is 0 Å². The minimum absolute atomic E-state index is 0.0640. The molecule has 1 saturated heterocycles. The van der Waals surface area contributed by atoms with Crippen LogP contribution in [-0.4, -0.2) is 32.1 Å². The summed E-state index contributed by atoms with van der Waals surface area (Å²) in [5, 5.41) is 3.47. The smallest absolute Gasteiger partial charge is 0.142 e. The summed E-state index contributed by atoms with van der Waals surface area (Å²) in [5.74, 6) is 1.42. The molecule has 0 aromatic heterocycles. The van der Waals surface area contributed by atoms with Gasteiger partial charge in [0.15, 0.2) is 0 Å². The molecular weight excluding hydrogens is 254 g/mol. The first-order valence-electron chi connectivity index (χ1n) is 7.13. The lowest BCUT2D eigenvalue weighted by atomic mass is 9.85. The van der Waals surface area contributed by atoms with E-state index < -0.39 is 0 Å². The van der Waals surface area contributed by atoms with E-state index in [9.17, 15) is 4.79 Å². The van der Waals surface area contributed by atoms with Crippen LogP contribution in [0.5, 0.6) is 5.75 Å². The first-order chi connectivity index (χ1) is 9.61. The van der Waals surface area contributed by atoms with Crippen LogP contribution < -0.4 is 10.1 Å². The number of methoxy groups -OCH3 is 1. The zero-order valence-corrected chi connectivity index (χ0v) is 12.4. The Morgan fingerprint density at radius 2 is 2.00 bits per heavy atom. The molecule has 1 aliphatic heterocycles. The summed E-state index contributed by atoms with van der Waals surface area (Å²) >= 11 is 0. The van der Waals surface area contributed by atoms with Gasteiger partial charge in [-0.05, 0) is 30.2 Å². The van der Waals surface area contributed by atoms with Gasteiger partial charge in [0.1, 0.15) is 11.5 Å². The van der Waals surface area contributed by atoms with Gasteiger partial charge in [0, 0.05) is 18.2 Å². The van der Waals surface area contributed by atoms with Crippen LogP contribution in [0.25, 0.3) is 0 Å². The molecule has 1 aromatic carbocycles. The Labute approximate surface area is 120 Å². The number of anilines is 1. The SMILES string of the molecule is COc1ccc(N[C@H](C(C)C)C2COCCC2=O)cc1. The lowest BCUT2D eigenvalue weighted by Crippen LogP contribution is -2.43. The van der Waals surface area contributed by atoms with E-state index >= 15 is 0 Å². The molecule has 0 bridgehead atoms. The third kappa shape index (κ3) is 3.51. The molecule has 2 rings (SSSR count). The number of ketones is 1. The van der Waals surface area contributed by atoms with Crippen molar-refractivity contribution in [1.82, 2.24) is 0 Å². The summed E-state index contributed by atoms with van der Waals surface area (Å²) in [4.78, 5) is 12.1. The molecule has 1 heterocycles. The van der Waals surface area contributed by atoms with E-state index in [1.54, 1.807) is 7.11 Å². The zero-order valence-electron chi connectivity index (χ0n) is 12.4. The number of nitrogens with one attached hydrogen (secondary N) is 1. The zero-order chi connectivity index (χ0) is 14.5. The monoisotopic (exact) mass is 277 g/mol. The van der Waals surface area contributed by atoms with Gasteiger partial charge in [0.2, 0.25) is 0 Å². The van der Waals surface area contributed by atoms with Crippen LogP contribution in [0.4, 0.5) is 5.69 Å². The highest BCUT2D eigenvalue weighted by atomic mass is 16.5. The molecule has 1 fully saturated rings. The highest BCUT2D eigenvalue weighted by molar-refractivity contribution is 5.83. The molecule has 0 saturated carbocycles. The highest BCUT2D eigenvalue weighted by Gasteiger charge is 2.32.